The Morgan fingerprint density at radius 2 is 1.79 bits per heavy atom. The molecule has 0 unspecified atom stereocenters. The Hall–Kier alpha value is -1.16. The van der Waals surface area contributed by atoms with Crippen LogP contribution in [-0.2, 0) is 13.1 Å². The minimum absolute atomic E-state index is 0.898. The van der Waals surface area contributed by atoms with Crippen LogP contribution in [0.15, 0.2) is 58.4 Å². The quantitative estimate of drug-likeness (QED) is 0.712. The number of nitrogens with one attached hydrogen (secondary N) is 1. The Morgan fingerprint density at radius 3 is 2.58 bits per heavy atom. The Labute approximate surface area is 125 Å². The molecule has 0 spiro atoms. The summed E-state index contributed by atoms with van der Waals surface area (Å²) in [6.45, 7) is 1.81. The van der Waals surface area contributed by atoms with Crippen molar-refractivity contribution in [2.24, 2.45) is 0 Å². The largest absolute Gasteiger partial charge is 0.308 e. The number of hydrogen-bond acceptors (Lipinski definition) is 2. The maximum atomic E-state index is 3.56. The Morgan fingerprint density at radius 1 is 0.947 bits per heavy atom. The van der Waals surface area contributed by atoms with Crippen molar-refractivity contribution in [1.29, 1.82) is 0 Å². The molecular formula is C16H14BrNS. The summed E-state index contributed by atoms with van der Waals surface area (Å²) in [6.07, 6.45) is 0. The van der Waals surface area contributed by atoms with E-state index < -0.39 is 0 Å². The van der Waals surface area contributed by atoms with Crippen molar-refractivity contribution in [3.05, 3.63) is 68.8 Å². The molecule has 19 heavy (non-hydrogen) atoms. The lowest BCUT2D eigenvalue weighted by Gasteiger charge is -2.06. The van der Waals surface area contributed by atoms with Gasteiger partial charge in [0.2, 0.25) is 0 Å². The maximum Gasteiger partial charge on any atom is 0.0327 e. The molecule has 3 rings (SSSR count). The SMILES string of the molecule is Brc1ccsc1CNCc1ccc2ccccc2c1. The molecule has 1 N–H and O–H groups in total. The lowest BCUT2D eigenvalue weighted by Crippen LogP contribution is -2.11. The van der Waals surface area contributed by atoms with Crippen LogP contribution in [0.3, 0.4) is 0 Å². The molecule has 1 aromatic heterocycles. The molecule has 1 nitrogen and oxygen atoms in total. The van der Waals surface area contributed by atoms with Gasteiger partial charge in [-0.05, 0) is 49.8 Å². The molecule has 0 radical (unpaired) electrons. The third-order valence-corrected chi connectivity index (χ3v) is 5.05. The van der Waals surface area contributed by atoms with E-state index in [1.165, 1.54) is 25.7 Å². The second-order valence-corrected chi connectivity index (χ2v) is 6.33. The standard InChI is InChI=1S/C16H14BrNS/c17-15-7-8-19-16(15)11-18-10-12-5-6-13-3-1-2-4-14(13)9-12/h1-9,18H,10-11H2. The summed E-state index contributed by atoms with van der Waals surface area (Å²) in [6, 6.07) is 17.2. The zero-order valence-electron chi connectivity index (χ0n) is 10.4. The molecule has 0 aliphatic heterocycles. The topological polar surface area (TPSA) is 12.0 Å². The molecule has 0 amide bonds. The van der Waals surface area contributed by atoms with Gasteiger partial charge in [-0.25, -0.2) is 0 Å². The zero-order chi connectivity index (χ0) is 13.1. The molecule has 0 fully saturated rings. The van der Waals surface area contributed by atoms with Crippen LogP contribution in [-0.4, -0.2) is 0 Å². The average molecular weight is 332 g/mol. The van der Waals surface area contributed by atoms with Crippen LogP contribution in [0, 0.1) is 0 Å². The first-order chi connectivity index (χ1) is 9.33. The van der Waals surface area contributed by atoms with Crippen LogP contribution >= 0.6 is 27.3 Å². The van der Waals surface area contributed by atoms with Crippen molar-refractivity contribution in [3.8, 4) is 0 Å². The van der Waals surface area contributed by atoms with Crippen LogP contribution in [0.5, 0.6) is 0 Å². The predicted molar refractivity (Wildman–Crippen MR) is 86.5 cm³/mol. The lowest BCUT2D eigenvalue weighted by atomic mass is 10.1. The fourth-order valence-electron chi connectivity index (χ4n) is 2.12. The summed E-state index contributed by atoms with van der Waals surface area (Å²) < 4.78 is 1.20. The highest BCUT2D eigenvalue weighted by molar-refractivity contribution is 9.10. The van der Waals surface area contributed by atoms with Gasteiger partial charge in [0.15, 0.2) is 0 Å². The lowest BCUT2D eigenvalue weighted by molar-refractivity contribution is 0.700. The summed E-state index contributed by atoms with van der Waals surface area (Å²) in [4.78, 5) is 1.35. The van der Waals surface area contributed by atoms with Crippen LogP contribution in [0.4, 0.5) is 0 Å². The number of thiophene rings is 1. The van der Waals surface area contributed by atoms with E-state index in [1.807, 2.05) is 0 Å². The van der Waals surface area contributed by atoms with E-state index in [1.54, 1.807) is 11.3 Å². The smallest absolute Gasteiger partial charge is 0.0327 e. The minimum Gasteiger partial charge on any atom is -0.308 e. The monoisotopic (exact) mass is 331 g/mol. The first-order valence-corrected chi connectivity index (χ1v) is 7.90. The summed E-state index contributed by atoms with van der Waals surface area (Å²) in [5, 5.41) is 8.20. The molecule has 0 saturated carbocycles. The predicted octanol–water partition coefficient (Wildman–Crippen LogP) is 4.95. The molecule has 96 valence electrons. The molecule has 1 heterocycles. The molecular weight excluding hydrogens is 318 g/mol. The van der Waals surface area contributed by atoms with Crippen molar-refractivity contribution >= 4 is 38.0 Å². The second kappa shape index (κ2) is 5.87. The average Bonchev–Trinajstić information content (AvgIpc) is 2.84. The molecule has 0 aliphatic rings. The second-order valence-electron chi connectivity index (χ2n) is 4.48. The van der Waals surface area contributed by atoms with E-state index in [0.29, 0.717) is 0 Å². The van der Waals surface area contributed by atoms with Crippen molar-refractivity contribution in [2.45, 2.75) is 13.1 Å². The van der Waals surface area contributed by atoms with Gasteiger partial charge in [-0.2, -0.15) is 0 Å². The molecule has 0 atom stereocenters. The number of rotatable bonds is 4. The van der Waals surface area contributed by atoms with Gasteiger partial charge >= 0.3 is 0 Å². The summed E-state index contributed by atoms with van der Waals surface area (Å²) >= 11 is 5.33. The fraction of sp³-hybridized carbons (Fsp3) is 0.125. The van der Waals surface area contributed by atoms with Gasteiger partial charge in [0.25, 0.3) is 0 Å². The molecule has 3 heteroatoms. The number of fused-ring (bicyclic) bond motifs is 1. The Kier molecular flexibility index (Phi) is 3.97. The minimum atomic E-state index is 0.898. The number of benzene rings is 2. The molecule has 2 aromatic carbocycles. The van der Waals surface area contributed by atoms with Crippen LogP contribution in [0.25, 0.3) is 10.8 Å². The van der Waals surface area contributed by atoms with E-state index in [0.717, 1.165) is 13.1 Å². The van der Waals surface area contributed by atoms with Gasteiger partial charge in [-0.1, -0.05) is 36.4 Å². The van der Waals surface area contributed by atoms with Crippen molar-refractivity contribution in [3.63, 3.8) is 0 Å². The van der Waals surface area contributed by atoms with Crippen molar-refractivity contribution in [1.82, 2.24) is 5.32 Å². The zero-order valence-corrected chi connectivity index (χ0v) is 12.8. The highest BCUT2D eigenvalue weighted by atomic mass is 79.9. The molecule has 0 aliphatic carbocycles. The van der Waals surface area contributed by atoms with Crippen LogP contribution in [0.1, 0.15) is 10.4 Å². The van der Waals surface area contributed by atoms with E-state index in [2.05, 4.69) is 75.2 Å². The third-order valence-electron chi connectivity index (χ3n) is 3.12. The van der Waals surface area contributed by atoms with Gasteiger partial charge in [0.1, 0.15) is 0 Å². The van der Waals surface area contributed by atoms with E-state index in [4.69, 9.17) is 0 Å². The summed E-state index contributed by atoms with van der Waals surface area (Å²) in [5.41, 5.74) is 1.33. The van der Waals surface area contributed by atoms with Crippen molar-refractivity contribution in [2.75, 3.05) is 0 Å². The summed E-state index contributed by atoms with van der Waals surface area (Å²) in [5.74, 6) is 0. The molecule has 0 saturated heterocycles. The maximum absolute atomic E-state index is 3.56. The number of halogens is 1. The Bertz CT molecular complexity index is 690. The fourth-order valence-corrected chi connectivity index (χ4v) is 3.58. The van der Waals surface area contributed by atoms with Gasteiger partial charge in [-0.3, -0.25) is 0 Å². The number of hydrogen-bond donors (Lipinski definition) is 1. The highest BCUT2D eigenvalue weighted by Crippen LogP contribution is 2.22. The molecule has 0 bridgehead atoms. The van der Waals surface area contributed by atoms with Crippen LogP contribution in [0.2, 0.25) is 0 Å². The van der Waals surface area contributed by atoms with Gasteiger partial charge in [-0.15, -0.1) is 11.3 Å². The van der Waals surface area contributed by atoms with Gasteiger partial charge in [0, 0.05) is 22.4 Å². The first kappa shape index (κ1) is 12.9. The van der Waals surface area contributed by atoms with Crippen LogP contribution < -0.4 is 5.32 Å². The highest BCUT2D eigenvalue weighted by Gasteiger charge is 2.01. The van der Waals surface area contributed by atoms with Gasteiger partial charge in [0.05, 0.1) is 0 Å². The third kappa shape index (κ3) is 3.06. The summed E-state index contributed by atoms with van der Waals surface area (Å²) in [7, 11) is 0. The first-order valence-electron chi connectivity index (χ1n) is 6.23. The molecule has 3 aromatic rings. The van der Waals surface area contributed by atoms with Crippen molar-refractivity contribution < 1.29 is 0 Å². The van der Waals surface area contributed by atoms with Gasteiger partial charge < -0.3 is 5.32 Å². The Balaban J connectivity index is 1.67. The normalized spacial score (nSPS) is 11.0. The van der Waals surface area contributed by atoms with E-state index in [-0.39, 0.29) is 0 Å². The van der Waals surface area contributed by atoms with E-state index >= 15 is 0 Å². The van der Waals surface area contributed by atoms with E-state index in [9.17, 15) is 0 Å².